The number of nitrogens with one attached hydrogen (secondary N) is 1. The molecule has 0 bridgehead atoms. The lowest BCUT2D eigenvalue weighted by Crippen LogP contribution is -2.25. The van der Waals surface area contributed by atoms with Gasteiger partial charge in [-0.05, 0) is 32.9 Å². The lowest BCUT2D eigenvalue weighted by Gasteiger charge is -2.15. The number of aromatic nitrogens is 4. The van der Waals surface area contributed by atoms with Crippen LogP contribution in [-0.2, 0) is 4.79 Å². The molecule has 2 heterocycles. The highest BCUT2D eigenvalue weighted by atomic mass is 32.2. The van der Waals surface area contributed by atoms with Gasteiger partial charge in [0.05, 0.1) is 16.7 Å². The number of rotatable bonds is 5. The average Bonchev–Trinajstić information content (AvgIpc) is 2.97. The molecule has 0 unspecified atom stereocenters. The smallest absolute Gasteiger partial charge is 0.315 e. The number of carbonyl (C=O) groups is 1. The maximum Gasteiger partial charge on any atom is 0.328 e. The third-order valence-corrected chi connectivity index (χ3v) is 4.35. The highest BCUT2D eigenvalue weighted by Crippen LogP contribution is 2.21. The Morgan fingerprint density at radius 2 is 2.08 bits per heavy atom. The second kappa shape index (κ2) is 7.06. The molecule has 0 spiro atoms. The highest BCUT2D eigenvalue weighted by molar-refractivity contribution is 7.99. The van der Waals surface area contributed by atoms with Crippen LogP contribution in [0, 0.1) is 6.92 Å². The van der Waals surface area contributed by atoms with Crippen LogP contribution < -0.4 is 10.9 Å². The maximum absolute atomic E-state index is 12.7. The molecular formula is C16H17N5O3S. The molecule has 0 aliphatic carbocycles. The molecule has 130 valence electrons. The van der Waals surface area contributed by atoms with Crippen molar-refractivity contribution in [2.45, 2.75) is 32.0 Å². The molecule has 0 saturated heterocycles. The van der Waals surface area contributed by atoms with Gasteiger partial charge in [-0.25, -0.2) is 4.98 Å². The van der Waals surface area contributed by atoms with E-state index >= 15 is 0 Å². The van der Waals surface area contributed by atoms with Gasteiger partial charge in [-0.1, -0.05) is 29.1 Å². The van der Waals surface area contributed by atoms with Gasteiger partial charge in [-0.2, -0.15) is 4.98 Å². The summed E-state index contributed by atoms with van der Waals surface area (Å²) >= 11 is 1.19. The fraction of sp³-hybridized carbons (Fsp3) is 0.312. The van der Waals surface area contributed by atoms with Crippen LogP contribution in [0.3, 0.4) is 0 Å². The number of hydrogen-bond donors (Lipinski definition) is 1. The fourth-order valence-electron chi connectivity index (χ4n) is 2.32. The number of benzene rings is 1. The normalized spacial score (nSPS) is 11.2. The van der Waals surface area contributed by atoms with Crippen LogP contribution in [0.5, 0.6) is 0 Å². The first-order chi connectivity index (χ1) is 12.0. The lowest BCUT2D eigenvalue weighted by molar-refractivity contribution is -0.114. The summed E-state index contributed by atoms with van der Waals surface area (Å²) < 4.78 is 6.45. The van der Waals surface area contributed by atoms with Crippen LogP contribution in [0.4, 0.5) is 6.01 Å². The largest absolute Gasteiger partial charge is 0.328 e. The number of carbonyl (C=O) groups excluding carboxylic acids is 1. The molecule has 1 amide bonds. The number of nitrogens with zero attached hydrogens (tertiary/aromatic N) is 4. The molecular weight excluding hydrogens is 342 g/mol. The molecule has 1 aromatic carbocycles. The molecule has 0 radical (unpaired) electrons. The minimum Gasteiger partial charge on any atom is -0.315 e. The molecule has 25 heavy (non-hydrogen) atoms. The molecule has 9 heteroatoms. The first-order valence-corrected chi connectivity index (χ1v) is 8.68. The molecule has 0 atom stereocenters. The minimum atomic E-state index is -0.314. The third-order valence-electron chi connectivity index (χ3n) is 3.40. The van der Waals surface area contributed by atoms with Gasteiger partial charge in [0.2, 0.25) is 5.91 Å². The minimum absolute atomic E-state index is 0.0517. The van der Waals surface area contributed by atoms with Crippen molar-refractivity contribution in [1.82, 2.24) is 19.7 Å². The summed E-state index contributed by atoms with van der Waals surface area (Å²) in [6.07, 6.45) is 0. The summed E-state index contributed by atoms with van der Waals surface area (Å²) in [5.41, 5.74) is 0.496. The molecule has 0 fully saturated rings. The van der Waals surface area contributed by atoms with Gasteiger partial charge in [0.25, 0.3) is 5.56 Å². The second-order valence-corrected chi connectivity index (χ2v) is 6.61. The van der Waals surface area contributed by atoms with E-state index in [4.69, 9.17) is 4.52 Å². The van der Waals surface area contributed by atoms with Crippen molar-refractivity contribution in [3.05, 3.63) is 40.4 Å². The first-order valence-electron chi connectivity index (χ1n) is 7.70. The predicted octanol–water partition coefficient (Wildman–Crippen LogP) is 2.40. The van der Waals surface area contributed by atoms with Gasteiger partial charge in [-0.3, -0.25) is 19.5 Å². The molecule has 8 nitrogen and oxygen atoms in total. The van der Waals surface area contributed by atoms with E-state index in [1.165, 1.54) is 11.8 Å². The van der Waals surface area contributed by atoms with Crippen LogP contribution in [0.25, 0.3) is 10.9 Å². The molecule has 1 N–H and O–H groups in total. The van der Waals surface area contributed by atoms with Crippen LogP contribution in [0.1, 0.15) is 25.7 Å². The van der Waals surface area contributed by atoms with Crippen molar-refractivity contribution in [3.8, 4) is 0 Å². The Hall–Kier alpha value is -2.68. The third kappa shape index (κ3) is 3.71. The number of aryl methyl sites for hydroxylation is 1. The monoisotopic (exact) mass is 359 g/mol. The van der Waals surface area contributed by atoms with Gasteiger partial charge in [0, 0.05) is 6.04 Å². The molecule has 0 aliphatic heterocycles. The number of amides is 1. The number of hydrogen-bond acceptors (Lipinski definition) is 7. The van der Waals surface area contributed by atoms with E-state index in [2.05, 4.69) is 20.4 Å². The van der Waals surface area contributed by atoms with Gasteiger partial charge < -0.3 is 4.52 Å². The first kappa shape index (κ1) is 17.2. The SMILES string of the molecule is Cc1noc(NC(=O)CSc2nc3ccccc3c(=O)n2C(C)C)n1. The standard InChI is InChI=1S/C16H17N5O3S/c1-9(2)21-14(23)11-6-4-5-7-12(11)18-16(21)25-8-13(22)19-15-17-10(3)20-24-15/h4-7,9H,8H2,1-3H3,(H,17,19,20,22). The summed E-state index contributed by atoms with van der Waals surface area (Å²) in [6.45, 7) is 5.47. The topological polar surface area (TPSA) is 103 Å². The van der Waals surface area contributed by atoms with E-state index in [1.54, 1.807) is 23.6 Å². The Balaban J connectivity index is 1.84. The molecule has 2 aromatic heterocycles. The van der Waals surface area contributed by atoms with E-state index in [0.717, 1.165) is 0 Å². The van der Waals surface area contributed by atoms with Crippen molar-refractivity contribution in [3.63, 3.8) is 0 Å². The van der Waals surface area contributed by atoms with E-state index in [9.17, 15) is 9.59 Å². The molecule has 0 aliphatic rings. The van der Waals surface area contributed by atoms with Crippen LogP contribution in [0.15, 0.2) is 38.7 Å². The van der Waals surface area contributed by atoms with Gasteiger partial charge in [0.1, 0.15) is 0 Å². The van der Waals surface area contributed by atoms with Gasteiger partial charge in [-0.15, -0.1) is 0 Å². The quantitative estimate of drug-likeness (QED) is 0.551. The summed E-state index contributed by atoms with van der Waals surface area (Å²) in [7, 11) is 0. The molecule has 0 saturated carbocycles. The number of thioether (sulfide) groups is 1. The van der Waals surface area contributed by atoms with Crippen LogP contribution >= 0.6 is 11.8 Å². The fourth-order valence-corrected chi connectivity index (χ4v) is 3.24. The van der Waals surface area contributed by atoms with E-state index in [0.29, 0.717) is 21.9 Å². The Bertz CT molecular complexity index is 979. The van der Waals surface area contributed by atoms with Crippen molar-refractivity contribution >= 4 is 34.6 Å². The van der Waals surface area contributed by atoms with Crippen molar-refractivity contribution < 1.29 is 9.32 Å². The molecule has 3 rings (SSSR count). The van der Waals surface area contributed by atoms with E-state index in [-0.39, 0.29) is 29.3 Å². The van der Waals surface area contributed by atoms with Crippen LogP contribution in [-0.4, -0.2) is 31.4 Å². The Kier molecular flexibility index (Phi) is 4.84. The van der Waals surface area contributed by atoms with E-state index in [1.807, 2.05) is 26.0 Å². The number of fused-ring (bicyclic) bond motifs is 1. The van der Waals surface area contributed by atoms with Gasteiger partial charge >= 0.3 is 6.01 Å². The Labute approximate surface area is 147 Å². The van der Waals surface area contributed by atoms with Gasteiger partial charge in [0.15, 0.2) is 11.0 Å². The zero-order valence-corrected chi connectivity index (χ0v) is 14.8. The van der Waals surface area contributed by atoms with Crippen molar-refractivity contribution in [2.24, 2.45) is 0 Å². The zero-order chi connectivity index (χ0) is 18.0. The second-order valence-electron chi connectivity index (χ2n) is 5.66. The predicted molar refractivity (Wildman–Crippen MR) is 94.8 cm³/mol. The maximum atomic E-state index is 12.7. The average molecular weight is 359 g/mol. The molecule has 3 aromatic rings. The van der Waals surface area contributed by atoms with Crippen molar-refractivity contribution in [2.75, 3.05) is 11.1 Å². The summed E-state index contributed by atoms with van der Waals surface area (Å²) in [6, 6.07) is 7.15. The number of para-hydroxylation sites is 1. The lowest BCUT2D eigenvalue weighted by atomic mass is 10.2. The van der Waals surface area contributed by atoms with Crippen LogP contribution in [0.2, 0.25) is 0 Å². The summed E-state index contributed by atoms with van der Waals surface area (Å²) in [5, 5.41) is 7.18. The summed E-state index contributed by atoms with van der Waals surface area (Å²) in [4.78, 5) is 33.2. The van der Waals surface area contributed by atoms with Crippen molar-refractivity contribution in [1.29, 1.82) is 0 Å². The zero-order valence-electron chi connectivity index (χ0n) is 14.0. The van der Waals surface area contributed by atoms with E-state index < -0.39 is 0 Å². The summed E-state index contributed by atoms with van der Waals surface area (Å²) in [5.74, 6) is 0.193. The number of anilines is 1. The Morgan fingerprint density at radius 1 is 1.32 bits per heavy atom. The highest BCUT2D eigenvalue weighted by Gasteiger charge is 2.16. The Morgan fingerprint density at radius 3 is 2.76 bits per heavy atom.